The van der Waals surface area contributed by atoms with Gasteiger partial charge in [0.1, 0.15) is 0 Å². The van der Waals surface area contributed by atoms with E-state index in [4.69, 9.17) is 4.98 Å². The van der Waals surface area contributed by atoms with E-state index in [9.17, 15) is 0 Å². The van der Waals surface area contributed by atoms with Crippen LogP contribution in [0.5, 0.6) is 0 Å². The summed E-state index contributed by atoms with van der Waals surface area (Å²) in [6.07, 6.45) is 1.90. The quantitative estimate of drug-likeness (QED) is 0.554. The second-order valence-corrected chi connectivity index (χ2v) is 6.38. The Morgan fingerprint density at radius 3 is 2.04 bits per heavy atom. The maximum absolute atomic E-state index is 4.71. The van der Waals surface area contributed by atoms with E-state index in [1.165, 1.54) is 16.5 Å². The van der Waals surface area contributed by atoms with Crippen LogP contribution in [0.3, 0.4) is 0 Å². The van der Waals surface area contributed by atoms with Crippen molar-refractivity contribution in [2.45, 2.75) is 20.0 Å². The van der Waals surface area contributed by atoms with Crippen molar-refractivity contribution in [3.8, 4) is 0 Å². The van der Waals surface area contributed by atoms with Gasteiger partial charge < -0.3 is 9.88 Å². The molecule has 1 N–H and O–H groups in total. The lowest BCUT2D eigenvalue weighted by atomic mass is 10.1. The molecular formula is C22H21N3. The van der Waals surface area contributed by atoms with Crippen LogP contribution < -0.4 is 4.90 Å². The Balaban J connectivity index is 1.75. The number of pyridine rings is 1. The van der Waals surface area contributed by atoms with Gasteiger partial charge in [0, 0.05) is 30.4 Å². The summed E-state index contributed by atoms with van der Waals surface area (Å²) in [6.45, 7) is 3.72. The van der Waals surface area contributed by atoms with Gasteiger partial charge in [0.25, 0.3) is 0 Å². The molecule has 0 unspecified atom stereocenters. The van der Waals surface area contributed by atoms with E-state index in [1.807, 2.05) is 6.20 Å². The SMILES string of the molecule is Cc1cc2ccnc(N(Cc3ccccc3)Cc3ccccc3)c2[nH]1. The second-order valence-electron chi connectivity index (χ2n) is 6.38. The van der Waals surface area contributed by atoms with Crippen molar-refractivity contribution in [2.75, 3.05) is 4.90 Å². The standard InChI is InChI=1S/C22H21N3/c1-17-14-20-12-13-23-22(21(20)24-17)25(15-18-8-4-2-5-9-18)16-19-10-6-3-7-11-19/h2-14,24H,15-16H2,1H3. The molecule has 0 radical (unpaired) electrons. The molecule has 25 heavy (non-hydrogen) atoms. The highest BCUT2D eigenvalue weighted by Gasteiger charge is 2.14. The van der Waals surface area contributed by atoms with Gasteiger partial charge in [0.2, 0.25) is 0 Å². The van der Waals surface area contributed by atoms with E-state index in [0.717, 1.165) is 30.1 Å². The maximum atomic E-state index is 4.71. The monoisotopic (exact) mass is 327 g/mol. The molecule has 0 aliphatic rings. The second kappa shape index (κ2) is 6.81. The number of anilines is 1. The van der Waals surface area contributed by atoms with Gasteiger partial charge >= 0.3 is 0 Å². The summed E-state index contributed by atoms with van der Waals surface area (Å²) in [5.74, 6) is 0.998. The van der Waals surface area contributed by atoms with Gasteiger partial charge in [-0.05, 0) is 30.2 Å². The Labute approximate surface area is 148 Å². The Hall–Kier alpha value is -3.07. The molecule has 4 rings (SSSR count). The number of benzene rings is 2. The molecule has 2 heterocycles. The number of aromatic amines is 1. The summed E-state index contributed by atoms with van der Waals surface area (Å²) in [5, 5.41) is 1.20. The number of fused-ring (bicyclic) bond motifs is 1. The average Bonchev–Trinajstić information content (AvgIpc) is 3.03. The molecule has 0 bridgehead atoms. The minimum Gasteiger partial charge on any atom is -0.356 e. The third-order valence-corrected chi connectivity index (χ3v) is 4.39. The minimum atomic E-state index is 0.819. The highest BCUT2D eigenvalue weighted by molar-refractivity contribution is 5.89. The van der Waals surface area contributed by atoms with Crippen molar-refractivity contribution in [1.82, 2.24) is 9.97 Å². The lowest BCUT2D eigenvalue weighted by molar-refractivity contribution is 0.787. The van der Waals surface area contributed by atoms with E-state index in [2.05, 4.69) is 89.6 Å². The van der Waals surface area contributed by atoms with Crippen LogP contribution in [0.2, 0.25) is 0 Å². The number of nitrogens with one attached hydrogen (secondary N) is 1. The van der Waals surface area contributed by atoms with E-state index in [0.29, 0.717) is 0 Å². The first kappa shape index (κ1) is 15.5. The first-order chi connectivity index (χ1) is 12.3. The highest BCUT2D eigenvalue weighted by Crippen LogP contribution is 2.27. The Morgan fingerprint density at radius 1 is 0.840 bits per heavy atom. The normalized spacial score (nSPS) is 10.9. The molecule has 0 atom stereocenters. The van der Waals surface area contributed by atoms with Gasteiger partial charge in [0.05, 0.1) is 5.52 Å². The number of hydrogen-bond donors (Lipinski definition) is 1. The van der Waals surface area contributed by atoms with Crippen LogP contribution in [0.4, 0.5) is 5.82 Å². The van der Waals surface area contributed by atoms with E-state index in [-0.39, 0.29) is 0 Å². The molecule has 4 aromatic rings. The van der Waals surface area contributed by atoms with Crippen LogP contribution >= 0.6 is 0 Å². The summed E-state index contributed by atoms with van der Waals surface area (Å²) in [6, 6.07) is 25.3. The van der Waals surface area contributed by atoms with Crippen molar-refractivity contribution >= 4 is 16.7 Å². The third kappa shape index (κ3) is 3.41. The van der Waals surface area contributed by atoms with Crippen LogP contribution in [0.15, 0.2) is 79.0 Å². The van der Waals surface area contributed by atoms with Crippen LogP contribution in [0, 0.1) is 6.92 Å². The zero-order chi connectivity index (χ0) is 17.1. The molecule has 0 fully saturated rings. The zero-order valence-electron chi connectivity index (χ0n) is 14.3. The number of aryl methyl sites for hydroxylation is 1. The molecule has 2 aromatic heterocycles. The predicted molar refractivity (Wildman–Crippen MR) is 104 cm³/mol. The largest absolute Gasteiger partial charge is 0.356 e. The fourth-order valence-electron chi connectivity index (χ4n) is 3.23. The molecule has 0 saturated carbocycles. The van der Waals surface area contributed by atoms with Gasteiger partial charge in [-0.3, -0.25) is 0 Å². The molecule has 3 nitrogen and oxygen atoms in total. The van der Waals surface area contributed by atoms with E-state index < -0.39 is 0 Å². The van der Waals surface area contributed by atoms with Crippen LogP contribution in [0.25, 0.3) is 10.9 Å². The lowest BCUT2D eigenvalue weighted by Gasteiger charge is -2.24. The number of nitrogens with zero attached hydrogens (tertiary/aromatic N) is 2. The summed E-state index contributed by atoms with van der Waals surface area (Å²) in [5.41, 5.74) is 4.82. The highest BCUT2D eigenvalue weighted by atomic mass is 15.2. The molecule has 0 amide bonds. The molecule has 0 aliphatic heterocycles. The minimum absolute atomic E-state index is 0.819. The Bertz CT molecular complexity index is 917. The number of aromatic nitrogens is 2. The Kier molecular flexibility index (Phi) is 4.21. The van der Waals surface area contributed by atoms with Crippen LogP contribution in [-0.2, 0) is 13.1 Å². The van der Waals surface area contributed by atoms with Crippen molar-refractivity contribution in [3.05, 3.63) is 95.8 Å². The lowest BCUT2D eigenvalue weighted by Crippen LogP contribution is -2.23. The van der Waals surface area contributed by atoms with Gasteiger partial charge in [-0.2, -0.15) is 0 Å². The van der Waals surface area contributed by atoms with Gasteiger partial charge in [0.15, 0.2) is 5.82 Å². The average molecular weight is 327 g/mol. The number of H-pyrrole nitrogens is 1. The molecule has 3 heteroatoms. The van der Waals surface area contributed by atoms with Crippen molar-refractivity contribution in [1.29, 1.82) is 0 Å². The fraction of sp³-hybridized carbons (Fsp3) is 0.136. The topological polar surface area (TPSA) is 31.9 Å². The van der Waals surface area contributed by atoms with E-state index >= 15 is 0 Å². The summed E-state index contributed by atoms with van der Waals surface area (Å²) in [4.78, 5) is 10.5. The number of hydrogen-bond acceptors (Lipinski definition) is 2. The Morgan fingerprint density at radius 2 is 1.44 bits per heavy atom. The molecule has 0 spiro atoms. The number of rotatable bonds is 5. The van der Waals surface area contributed by atoms with Crippen molar-refractivity contribution in [3.63, 3.8) is 0 Å². The van der Waals surface area contributed by atoms with Crippen molar-refractivity contribution in [2.24, 2.45) is 0 Å². The molecule has 2 aromatic carbocycles. The summed E-state index contributed by atoms with van der Waals surface area (Å²) < 4.78 is 0. The molecule has 0 aliphatic carbocycles. The molecular weight excluding hydrogens is 306 g/mol. The van der Waals surface area contributed by atoms with Gasteiger partial charge in [-0.1, -0.05) is 60.7 Å². The van der Waals surface area contributed by atoms with Crippen LogP contribution in [-0.4, -0.2) is 9.97 Å². The smallest absolute Gasteiger partial charge is 0.153 e. The zero-order valence-corrected chi connectivity index (χ0v) is 14.3. The fourth-order valence-corrected chi connectivity index (χ4v) is 3.23. The third-order valence-electron chi connectivity index (χ3n) is 4.39. The predicted octanol–water partition coefficient (Wildman–Crippen LogP) is 5.08. The van der Waals surface area contributed by atoms with Gasteiger partial charge in [-0.15, -0.1) is 0 Å². The maximum Gasteiger partial charge on any atom is 0.153 e. The van der Waals surface area contributed by atoms with Crippen molar-refractivity contribution < 1.29 is 0 Å². The molecule has 0 saturated heterocycles. The molecule has 124 valence electrons. The van der Waals surface area contributed by atoms with E-state index in [1.54, 1.807) is 0 Å². The van der Waals surface area contributed by atoms with Crippen LogP contribution in [0.1, 0.15) is 16.8 Å². The first-order valence-electron chi connectivity index (χ1n) is 8.57. The summed E-state index contributed by atoms with van der Waals surface area (Å²) in [7, 11) is 0. The first-order valence-corrected chi connectivity index (χ1v) is 8.57. The summed E-state index contributed by atoms with van der Waals surface area (Å²) >= 11 is 0. The van der Waals surface area contributed by atoms with Gasteiger partial charge in [-0.25, -0.2) is 4.98 Å².